The summed E-state index contributed by atoms with van der Waals surface area (Å²) in [7, 11) is 3.72. The first-order chi connectivity index (χ1) is 10.3. The van der Waals surface area contributed by atoms with E-state index in [9.17, 15) is 0 Å². The number of nitrogens with one attached hydrogen (secondary N) is 2. The molecule has 5 heteroatoms. The molecular weight excluding hydrogens is 264 g/mol. The van der Waals surface area contributed by atoms with Crippen molar-refractivity contribution in [3.8, 4) is 17.0 Å². The van der Waals surface area contributed by atoms with Gasteiger partial charge in [0.25, 0.3) is 0 Å². The molecule has 21 heavy (non-hydrogen) atoms. The second-order valence-electron chi connectivity index (χ2n) is 5.41. The van der Waals surface area contributed by atoms with Gasteiger partial charge in [-0.1, -0.05) is 0 Å². The Balaban J connectivity index is 1.99. The smallest absolute Gasteiger partial charge is 0.142 e. The summed E-state index contributed by atoms with van der Waals surface area (Å²) in [6.45, 7) is 1.89. The molecule has 0 bridgehead atoms. The number of fused-ring (bicyclic) bond motifs is 2. The Hall–Kier alpha value is -2.27. The maximum absolute atomic E-state index is 5.44. The maximum atomic E-state index is 5.44. The van der Waals surface area contributed by atoms with E-state index in [1.54, 1.807) is 7.11 Å². The standard InChI is InChI=1S/C16H18N4O/c1-20-16(12-9-17-7-6-13(12)19-20)11-3-4-14(21-2)15-10(11)5-8-18-15/h3-5,8,17-18H,6-7,9H2,1-2H3. The van der Waals surface area contributed by atoms with Gasteiger partial charge in [0, 0.05) is 49.3 Å². The van der Waals surface area contributed by atoms with Crippen molar-refractivity contribution >= 4 is 10.9 Å². The predicted molar refractivity (Wildman–Crippen MR) is 82.5 cm³/mol. The average molecular weight is 282 g/mol. The van der Waals surface area contributed by atoms with E-state index in [0.29, 0.717) is 0 Å². The van der Waals surface area contributed by atoms with Crippen molar-refractivity contribution in [2.75, 3.05) is 13.7 Å². The molecule has 3 heterocycles. The number of methoxy groups -OCH3 is 1. The number of hydrogen-bond donors (Lipinski definition) is 2. The van der Waals surface area contributed by atoms with Crippen molar-refractivity contribution in [3.05, 3.63) is 35.7 Å². The molecule has 0 radical (unpaired) electrons. The Labute approximate surface area is 122 Å². The van der Waals surface area contributed by atoms with Gasteiger partial charge in [0.05, 0.1) is 24.0 Å². The molecule has 0 spiro atoms. The molecule has 3 aromatic rings. The van der Waals surface area contributed by atoms with E-state index in [2.05, 4.69) is 22.4 Å². The monoisotopic (exact) mass is 282 g/mol. The van der Waals surface area contributed by atoms with Crippen LogP contribution in [0.25, 0.3) is 22.2 Å². The first-order valence-corrected chi connectivity index (χ1v) is 7.19. The number of aromatic amines is 1. The van der Waals surface area contributed by atoms with E-state index < -0.39 is 0 Å². The van der Waals surface area contributed by atoms with Crippen LogP contribution in [0.3, 0.4) is 0 Å². The van der Waals surface area contributed by atoms with E-state index in [4.69, 9.17) is 9.84 Å². The summed E-state index contributed by atoms with van der Waals surface area (Å²) in [5, 5.41) is 9.31. The molecule has 2 aromatic heterocycles. The summed E-state index contributed by atoms with van der Waals surface area (Å²) in [6, 6.07) is 6.24. The van der Waals surface area contributed by atoms with Gasteiger partial charge >= 0.3 is 0 Å². The zero-order valence-electron chi connectivity index (χ0n) is 12.2. The summed E-state index contributed by atoms with van der Waals surface area (Å²) >= 11 is 0. The van der Waals surface area contributed by atoms with E-state index >= 15 is 0 Å². The summed E-state index contributed by atoms with van der Waals surface area (Å²) in [6.07, 6.45) is 2.95. The number of hydrogen-bond acceptors (Lipinski definition) is 3. The van der Waals surface area contributed by atoms with Gasteiger partial charge in [0.15, 0.2) is 0 Å². The molecule has 0 fully saturated rings. The van der Waals surface area contributed by atoms with Crippen molar-refractivity contribution < 1.29 is 4.74 Å². The number of aryl methyl sites for hydroxylation is 1. The van der Waals surface area contributed by atoms with E-state index in [1.807, 2.05) is 24.0 Å². The first-order valence-electron chi connectivity index (χ1n) is 7.19. The minimum Gasteiger partial charge on any atom is -0.495 e. The number of ether oxygens (including phenoxy) is 1. The van der Waals surface area contributed by atoms with Gasteiger partial charge in [0.2, 0.25) is 0 Å². The molecule has 0 amide bonds. The zero-order chi connectivity index (χ0) is 14.4. The van der Waals surface area contributed by atoms with Gasteiger partial charge in [-0.05, 0) is 18.2 Å². The zero-order valence-corrected chi connectivity index (χ0v) is 12.2. The highest BCUT2D eigenvalue weighted by Gasteiger charge is 2.22. The highest BCUT2D eigenvalue weighted by Crippen LogP contribution is 2.36. The van der Waals surface area contributed by atoms with Crippen molar-refractivity contribution in [1.29, 1.82) is 0 Å². The number of rotatable bonds is 2. The van der Waals surface area contributed by atoms with Crippen LogP contribution in [0.15, 0.2) is 24.4 Å². The van der Waals surface area contributed by atoms with Crippen LogP contribution in [0.5, 0.6) is 5.75 Å². The van der Waals surface area contributed by atoms with Crippen LogP contribution in [-0.4, -0.2) is 28.4 Å². The van der Waals surface area contributed by atoms with Gasteiger partial charge in [0.1, 0.15) is 5.75 Å². The fourth-order valence-electron chi connectivity index (χ4n) is 3.27. The average Bonchev–Trinajstić information content (AvgIpc) is 3.10. The quantitative estimate of drug-likeness (QED) is 0.758. The third kappa shape index (κ3) is 1.77. The number of H-pyrrole nitrogens is 1. The third-order valence-electron chi connectivity index (χ3n) is 4.23. The first kappa shape index (κ1) is 12.5. The molecule has 1 aliphatic rings. The van der Waals surface area contributed by atoms with Crippen LogP contribution in [0.1, 0.15) is 11.3 Å². The molecule has 0 unspecified atom stereocenters. The lowest BCUT2D eigenvalue weighted by molar-refractivity contribution is 0.419. The van der Waals surface area contributed by atoms with Crippen LogP contribution in [-0.2, 0) is 20.0 Å². The van der Waals surface area contributed by atoms with Crippen LogP contribution >= 0.6 is 0 Å². The van der Waals surface area contributed by atoms with Gasteiger partial charge in [-0.25, -0.2) is 0 Å². The lowest BCUT2D eigenvalue weighted by Crippen LogP contribution is -2.23. The van der Waals surface area contributed by atoms with Crippen molar-refractivity contribution in [2.24, 2.45) is 7.05 Å². The molecule has 1 aliphatic heterocycles. The second kappa shape index (κ2) is 4.63. The Bertz CT molecular complexity index is 815. The maximum Gasteiger partial charge on any atom is 0.142 e. The Morgan fingerprint density at radius 1 is 1.29 bits per heavy atom. The predicted octanol–water partition coefficient (Wildman–Crippen LogP) is 2.22. The molecular formula is C16H18N4O. The van der Waals surface area contributed by atoms with E-state index in [0.717, 1.165) is 30.8 Å². The van der Waals surface area contributed by atoms with Crippen molar-refractivity contribution in [2.45, 2.75) is 13.0 Å². The van der Waals surface area contributed by atoms with E-state index in [-0.39, 0.29) is 0 Å². The molecule has 108 valence electrons. The van der Waals surface area contributed by atoms with Gasteiger partial charge in [-0.15, -0.1) is 0 Å². The third-order valence-corrected chi connectivity index (χ3v) is 4.23. The molecule has 0 saturated carbocycles. The van der Waals surface area contributed by atoms with Crippen molar-refractivity contribution in [1.82, 2.24) is 20.1 Å². The SMILES string of the molecule is COc1ccc(-c2c3c(nn2C)CCNC3)c2cc[nH]c12. The highest BCUT2D eigenvalue weighted by molar-refractivity contribution is 5.98. The van der Waals surface area contributed by atoms with Gasteiger partial charge < -0.3 is 15.0 Å². The molecule has 0 atom stereocenters. The van der Waals surface area contributed by atoms with Crippen LogP contribution < -0.4 is 10.1 Å². The summed E-state index contributed by atoms with van der Waals surface area (Å²) < 4.78 is 7.44. The molecule has 4 rings (SSSR count). The summed E-state index contributed by atoms with van der Waals surface area (Å²) in [5.41, 5.74) is 5.97. The van der Waals surface area contributed by atoms with E-state index in [1.165, 1.54) is 27.9 Å². The molecule has 5 nitrogen and oxygen atoms in total. The normalized spacial score (nSPS) is 14.4. The Morgan fingerprint density at radius 3 is 3.05 bits per heavy atom. The van der Waals surface area contributed by atoms with Crippen molar-refractivity contribution in [3.63, 3.8) is 0 Å². The van der Waals surface area contributed by atoms with Gasteiger partial charge in [-0.3, -0.25) is 4.68 Å². The number of aromatic nitrogens is 3. The number of nitrogens with zero attached hydrogens (tertiary/aromatic N) is 2. The topological polar surface area (TPSA) is 54.9 Å². The number of benzene rings is 1. The minimum atomic E-state index is 0.868. The fourth-order valence-corrected chi connectivity index (χ4v) is 3.27. The van der Waals surface area contributed by atoms with Crippen LogP contribution in [0, 0.1) is 0 Å². The molecule has 2 N–H and O–H groups in total. The van der Waals surface area contributed by atoms with Gasteiger partial charge in [-0.2, -0.15) is 5.10 Å². The second-order valence-corrected chi connectivity index (χ2v) is 5.41. The molecule has 0 aliphatic carbocycles. The summed E-state index contributed by atoms with van der Waals surface area (Å²) in [5.74, 6) is 0.868. The largest absolute Gasteiger partial charge is 0.495 e. The fraction of sp³-hybridized carbons (Fsp3) is 0.312. The summed E-state index contributed by atoms with van der Waals surface area (Å²) in [4.78, 5) is 3.27. The lowest BCUT2D eigenvalue weighted by atomic mass is 9.99. The molecule has 0 saturated heterocycles. The Kier molecular flexibility index (Phi) is 2.75. The van der Waals surface area contributed by atoms with Crippen LogP contribution in [0.4, 0.5) is 0 Å². The van der Waals surface area contributed by atoms with Crippen LogP contribution in [0.2, 0.25) is 0 Å². The highest BCUT2D eigenvalue weighted by atomic mass is 16.5. The minimum absolute atomic E-state index is 0.868. The lowest BCUT2D eigenvalue weighted by Gasteiger charge is -2.14. The molecule has 1 aromatic carbocycles. The Morgan fingerprint density at radius 2 is 2.19 bits per heavy atom.